The average molecular weight is 410 g/mol. The molecule has 6 nitrogen and oxygen atoms in total. The number of hydrogen-bond donors (Lipinski definition) is 0. The van der Waals surface area contributed by atoms with Crippen LogP contribution in [0.4, 0.5) is 0 Å². The number of benzene rings is 2. The van der Waals surface area contributed by atoms with Gasteiger partial charge in [-0.15, -0.1) is 0 Å². The summed E-state index contributed by atoms with van der Waals surface area (Å²) in [6, 6.07) is 14.7. The monoisotopic (exact) mass is 410 g/mol. The summed E-state index contributed by atoms with van der Waals surface area (Å²) in [4.78, 5) is 23.4. The molecule has 0 bridgehead atoms. The average Bonchev–Trinajstić information content (AvgIpc) is 2.79. The number of carbonyl (C=O) groups excluding carboxylic acids is 2. The van der Waals surface area contributed by atoms with Gasteiger partial charge in [0, 0.05) is 12.2 Å². The fourth-order valence-corrected chi connectivity index (χ4v) is 2.40. The molecule has 0 saturated heterocycles. The molecule has 2 aromatic rings. The van der Waals surface area contributed by atoms with Gasteiger partial charge < -0.3 is 18.9 Å². The summed E-state index contributed by atoms with van der Waals surface area (Å²) in [5.41, 5.74) is 1.75. The SMILES string of the molecule is COc1ccc(/C=C\C(=O)OCCCCOC(=O)/C=C\c2ccc(OC)cc2)cc1. The molecule has 0 heterocycles. The third-order valence-corrected chi connectivity index (χ3v) is 4.08. The highest BCUT2D eigenvalue weighted by Gasteiger charge is 2.00. The van der Waals surface area contributed by atoms with Gasteiger partial charge in [-0.3, -0.25) is 0 Å². The first-order chi connectivity index (χ1) is 14.6. The molecule has 0 aliphatic rings. The van der Waals surface area contributed by atoms with Gasteiger partial charge in [0.1, 0.15) is 11.5 Å². The molecule has 0 saturated carbocycles. The first-order valence-corrected chi connectivity index (χ1v) is 9.58. The van der Waals surface area contributed by atoms with Crippen molar-refractivity contribution >= 4 is 24.1 Å². The highest BCUT2D eigenvalue weighted by atomic mass is 16.5. The van der Waals surface area contributed by atoms with Gasteiger partial charge in [-0.2, -0.15) is 0 Å². The van der Waals surface area contributed by atoms with E-state index in [1.807, 2.05) is 48.5 Å². The summed E-state index contributed by atoms with van der Waals surface area (Å²) in [5.74, 6) is 0.689. The highest BCUT2D eigenvalue weighted by Crippen LogP contribution is 2.13. The predicted molar refractivity (Wildman–Crippen MR) is 115 cm³/mol. The van der Waals surface area contributed by atoms with Crippen LogP contribution in [0.5, 0.6) is 11.5 Å². The zero-order valence-corrected chi connectivity index (χ0v) is 17.2. The molecule has 2 aromatic carbocycles. The van der Waals surface area contributed by atoms with Crippen molar-refractivity contribution in [2.24, 2.45) is 0 Å². The number of rotatable bonds is 11. The first kappa shape index (κ1) is 22.7. The Morgan fingerprint density at radius 2 is 1.03 bits per heavy atom. The molecule has 0 aliphatic carbocycles. The largest absolute Gasteiger partial charge is 0.497 e. The Labute approximate surface area is 176 Å². The van der Waals surface area contributed by atoms with Crippen LogP contribution in [-0.2, 0) is 19.1 Å². The molecule has 0 fully saturated rings. The summed E-state index contributed by atoms with van der Waals surface area (Å²) >= 11 is 0. The molecule has 6 heteroatoms. The minimum absolute atomic E-state index is 0.269. The van der Waals surface area contributed by atoms with Crippen LogP contribution in [0.1, 0.15) is 24.0 Å². The number of unbranched alkanes of at least 4 members (excludes halogenated alkanes) is 1. The third-order valence-electron chi connectivity index (χ3n) is 4.08. The van der Waals surface area contributed by atoms with Gasteiger partial charge in [0.2, 0.25) is 0 Å². The van der Waals surface area contributed by atoms with Crippen molar-refractivity contribution in [3.05, 3.63) is 71.8 Å². The van der Waals surface area contributed by atoms with Gasteiger partial charge >= 0.3 is 11.9 Å². The number of ether oxygens (including phenoxy) is 4. The van der Waals surface area contributed by atoms with Gasteiger partial charge in [-0.25, -0.2) is 9.59 Å². The smallest absolute Gasteiger partial charge is 0.330 e. The lowest BCUT2D eigenvalue weighted by molar-refractivity contribution is -0.140. The van der Waals surface area contributed by atoms with E-state index in [2.05, 4.69) is 0 Å². The highest BCUT2D eigenvalue weighted by molar-refractivity contribution is 5.87. The topological polar surface area (TPSA) is 71.1 Å². The van der Waals surface area contributed by atoms with E-state index >= 15 is 0 Å². The van der Waals surface area contributed by atoms with Gasteiger partial charge in [-0.1, -0.05) is 24.3 Å². The predicted octanol–water partition coefficient (Wildman–Crippen LogP) is 4.30. The standard InChI is InChI=1S/C24H26O6/c1-27-21-11-5-19(6-12-21)9-15-23(25)29-17-3-4-18-30-24(26)16-10-20-7-13-22(28-2)14-8-20/h5-16H,3-4,17-18H2,1-2H3/b15-9-,16-10-. The molecule has 0 spiro atoms. The Balaban J connectivity index is 1.57. The van der Waals surface area contributed by atoms with E-state index in [4.69, 9.17) is 18.9 Å². The summed E-state index contributed by atoms with van der Waals surface area (Å²) in [5, 5.41) is 0. The minimum atomic E-state index is -0.412. The van der Waals surface area contributed by atoms with E-state index in [1.165, 1.54) is 12.2 Å². The fraction of sp³-hybridized carbons (Fsp3) is 0.250. The maximum atomic E-state index is 11.7. The third kappa shape index (κ3) is 8.65. The molecule has 0 aromatic heterocycles. The lowest BCUT2D eigenvalue weighted by atomic mass is 10.2. The summed E-state index contributed by atoms with van der Waals surface area (Å²) in [7, 11) is 3.20. The van der Waals surface area contributed by atoms with Crippen LogP contribution in [0, 0.1) is 0 Å². The number of methoxy groups -OCH3 is 2. The quantitative estimate of drug-likeness (QED) is 0.313. The lowest BCUT2D eigenvalue weighted by Gasteiger charge is -2.03. The van der Waals surface area contributed by atoms with Crippen molar-refractivity contribution in [1.82, 2.24) is 0 Å². The molecule has 30 heavy (non-hydrogen) atoms. The lowest BCUT2D eigenvalue weighted by Crippen LogP contribution is -2.06. The Bertz CT molecular complexity index is 777. The molecule has 2 rings (SSSR count). The van der Waals surface area contributed by atoms with E-state index in [0.717, 1.165) is 22.6 Å². The van der Waals surface area contributed by atoms with E-state index in [-0.39, 0.29) is 13.2 Å². The minimum Gasteiger partial charge on any atom is -0.497 e. The van der Waals surface area contributed by atoms with Crippen molar-refractivity contribution in [2.75, 3.05) is 27.4 Å². The number of hydrogen-bond acceptors (Lipinski definition) is 6. The first-order valence-electron chi connectivity index (χ1n) is 9.58. The van der Waals surface area contributed by atoms with Crippen LogP contribution in [0.15, 0.2) is 60.7 Å². The molecule has 0 aliphatic heterocycles. The molecule has 0 radical (unpaired) electrons. The van der Waals surface area contributed by atoms with Crippen LogP contribution >= 0.6 is 0 Å². The molecule has 158 valence electrons. The zero-order chi connectivity index (χ0) is 21.6. The normalized spacial score (nSPS) is 10.9. The van der Waals surface area contributed by atoms with Gasteiger partial charge in [0.15, 0.2) is 0 Å². The molecule has 0 amide bonds. The zero-order valence-electron chi connectivity index (χ0n) is 17.2. The molecular weight excluding hydrogens is 384 g/mol. The van der Waals surface area contributed by atoms with Gasteiger partial charge in [-0.05, 0) is 60.4 Å². The molecular formula is C24H26O6. The van der Waals surface area contributed by atoms with Crippen molar-refractivity contribution in [1.29, 1.82) is 0 Å². The second-order valence-corrected chi connectivity index (χ2v) is 6.26. The van der Waals surface area contributed by atoms with Crippen LogP contribution in [0.25, 0.3) is 12.2 Å². The Morgan fingerprint density at radius 3 is 1.37 bits per heavy atom. The Hall–Kier alpha value is -3.54. The van der Waals surface area contributed by atoms with Crippen LogP contribution in [0.2, 0.25) is 0 Å². The number of esters is 2. The van der Waals surface area contributed by atoms with E-state index in [0.29, 0.717) is 12.8 Å². The fourth-order valence-electron chi connectivity index (χ4n) is 2.40. The maximum absolute atomic E-state index is 11.7. The molecule has 0 unspecified atom stereocenters. The van der Waals surface area contributed by atoms with E-state index < -0.39 is 11.9 Å². The van der Waals surface area contributed by atoms with Crippen molar-refractivity contribution in [2.45, 2.75) is 12.8 Å². The second-order valence-electron chi connectivity index (χ2n) is 6.26. The molecule has 0 atom stereocenters. The van der Waals surface area contributed by atoms with Crippen LogP contribution in [0.3, 0.4) is 0 Å². The number of carbonyl (C=O) groups is 2. The Kier molecular flexibility index (Phi) is 9.73. The van der Waals surface area contributed by atoms with E-state index in [9.17, 15) is 9.59 Å². The Morgan fingerprint density at radius 1 is 0.667 bits per heavy atom. The second kappa shape index (κ2) is 12.8. The summed E-state index contributed by atoms with van der Waals surface area (Å²) in [6.45, 7) is 0.538. The van der Waals surface area contributed by atoms with Crippen molar-refractivity contribution in [3.63, 3.8) is 0 Å². The van der Waals surface area contributed by atoms with Gasteiger partial charge in [0.05, 0.1) is 27.4 Å². The van der Waals surface area contributed by atoms with E-state index in [1.54, 1.807) is 26.4 Å². The van der Waals surface area contributed by atoms with Crippen LogP contribution in [-0.4, -0.2) is 39.4 Å². The summed E-state index contributed by atoms with van der Waals surface area (Å²) < 4.78 is 20.4. The maximum Gasteiger partial charge on any atom is 0.330 e. The van der Waals surface area contributed by atoms with Crippen molar-refractivity contribution in [3.8, 4) is 11.5 Å². The van der Waals surface area contributed by atoms with Gasteiger partial charge in [0.25, 0.3) is 0 Å². The summed E-state index contributed by atoms with van der Waals surface area (Å²) in [6.07, 6.45) is 7.34. The van der Waals surface area contributed by atoms with Crippen LogP contribution < -0.4 is 9.47 Å². The molecule has 0 N–H and O–H groups in total. The van der Waals surface area contributed by atoms with Crippen molar-refractivity contribution < 1.29 is 28.5 Å².